The fraction of sp³-hybridized carbons (Fsp3) is 0.963. The van der Waals surface area contributed by atoms with E-state index in [1.807, 2.05) is 13.8 Å². The molecule has 0 heterocycles. The Balaban J connectivity index is 0. The molecule has 0 bridgehead atoms. The van der Waals surface area contributed by atoms with Crippen molar-refractivity contribution in [2.24, 2.45) is 10.8 Å². The highest BCUT2D eigenvalue weighted by molar-refractivity contribution is 5.72. The van der Waals surface area contributed by atoms with Gasteiger partial charge in [0.25, 0.3) is 0 Å². The van der Waals surface area contributed by atoms with Crippen LogP contribution in [0.2, 0.25) is 0 Å². The van der Waals surface area contributed by atoms with Crippen molar-refractivity contribution in [1.29, 1.82) is 0 Å². The summed E-state index contributed by atoms with van der Waals surface area (Å²) in [5.41, 5.74) is -0.861. The molecule has 0 aromatic rings. The summed E-state index contributed by atoms with van der Waals surface area (Å²) in [6.45, 7) is 10.6. The Bertz CT molecular complexity index is 372. The zero-order valence-electron chi connectivity index (χ0n) is 21.8. The average molecular weight is 428 g/mol. The van der Waals surface area contributed by atoms with E-state index < -0.39 is 11.4 Å². The molecular weight excluding hydrogens is 370 g/mol. The molecule has 3 nitrogen and oxygen atoms in total. The van der Waals surface area contributed by atoms with E-state index in [4.69, 9.17) is 0 Å². The Hall–Kier alpha value is -0.570. The quantitative estimate of drug-likeness (QED) is 0.186. The maximum atomic E-state index is 12.0. The van der Waals surface area contributed by atoms with Crippen LogP contribution in [0.5, 0.6) is 0 Å². The molecular formula is C27H57NO2. The van der Waals surface area contributed by atoms with Crippen molar-refractivity contribution in [3.8, 4) is 0 Å². The molecule has 0 saturated carbocycles. The molecule has 3 heteroatoms. The lowest BCUT2D eigenvalue weighted by Gasteiger charge is -2.48. The molecule has 0 fully saturated rings. The lowest BCUT2D eigenvalue weighted by molar-refractivity contribution is -0.324. The average Bonchev–Trinajstić information content (AvgIpc) is 2.70. The topological polar surface area (TPSA) is 76.6 Å². The van der Waals surface area contributed by atoms with Gasteiger partial charge in [-0.1, -0.05) is 137 Å². The maximum absolute atomic E-state index is 12.0. The summed E-state index contributed by atoms with van der Waals surface area (Å²) in [6.07, 6.45) is 23.9. The summed E-state index contributed by atoms with van der Waals surface area (Å²) in [5, 5.41) is 12.0. The predicted molar refractivity (Wildman–Crippen MR) is 132 cm³/mol. The minimum Gasteiger partial charge on any atom is -0.550 e. The summed E-state index contributed by atoms with van der Waals surface area (Å²) in [6, 6.07) is 0. The van der Waals surface area contributed by atoms with Gasteiger partial charge in [-0.15, -0.1) is 0 Å². The number of carboxylic acids is 1. The number of unbranched alkanes of at least 4 members (excludes halogenated alkanes) is 14. The third-order valence-electron chi connectivity index (χ3n) is 7.53. The number of carbonyl (C=O) groups excluding carboxylic acids is 1. The molecule has 0 aliphatic carbocycles. The summed E-state index contributed by atoms with van der Waals surface area (Å²) in [4.78, 5) is 12.0. The Labute approximate surface area is 189 Å². The Morgan fingerprint density at radius 2 is 0.900 bits per heavy atom. The summed E-state index contributed by atoms with van der Waals surface area (Å²) in [7, 11) is 0. The SMILES string of the molecule is CCCCCCCCCCC(CC)(CCCCCCCCCC)C(C)(C)C(=O)[O-].[NH4+]. The third kappa shape index (κ3) is 12.3. The molecule has 0 aliphatic heterocycles. The second kappa shape index (κ2) is 19.1. The van der Waals surface area contributed by atoms with Crippen LogP contribution in [0.3, 0.4) is 0 Å². The van der Waals surface area contributed by atoms with Gasteiger partial charge in [-0.3, -0.25) is 0 Å². The Morgan fingerprint density at radius 1 is 0.600 bits per heavy atom. The fourth-order valence-electron chi connectivity index (χ4n) is 4.96. The van der Waals surface area contributed by atoms with Gasteiger partial charge in [-0.25, -0.2) is 0 Å². The van der Waals surface area contributed by atoms with Crippen LogP contribution >= 0.6 is 0 Å². The Morgan fingerprint density at radius 3 is 1.17 bits per heavy atom. The van der Waals surface area contributed by atoms with E-state index in [9.17, 15) is 9.90 Å². The zero-order valence-corrected chi connectivity index (χ0v) is 21.8. The minimum absolute atomic E-state index is 0. The first-order chi connectivity index (χ1) is 13.9. The van der Waals surface area contributed by atoms with Gasteiger partial charge in [0.2, 0.25) is 0 Å². The number of carboxylic acid groups (broad SMARTS) is 1. The number of carbonyl (C=O) groups is 1. The summed E-state index contributed by atoms with van der Waals surface area (Å²) >= 11 is 0. The molecule has 0 rings (SSSR count). The predicted octanol–water partition coefficient (Wildman–Crippen LogP) is 8.60. The van der Waals surface area contributed by atoms with Crippen LogP contribution in [0.25, 0.3) is 0 Å². The number of aliphatic carboxylic acids is 1. The molecule has 0 aromatic carbocycles. The molecule has 182 valence electrons. The van der Waals surface area contributed by atoms with Crippen LogP contribution in [0.1, 0.15) is 157 Å². The summed E-state index contributed by atoms with van der Waals surface area (Å²) in [5.74, 6) is -0.863. The van der Waals surface area contributed by atoms with Gasteiger partial charge in [0, 0.05) is 11.4 Å². The molecule has 0 amide bonds. The van der Waals surface area contributed by atoms with Gasteiger partial charge in [0.15, 0.2) is 0 Å². The van der Waals surface area contributed by atoms with E-state index in [2.05, 4.69) is 20.8 Å². The number of quaternary nitrogens is 1. The highest BCUT2D eigenvalue weighted by Crippen LogP contribution is 2.49. The van der Waals surface area contributed by atoms with E-state index in [0.29, 0.717) is 0 Å². The van der Waals surface area contributed by atoms with E-state index in [1.165, 1.54) is 89.9 Å². The van der Waals surface area contributed by atoms with Crippen molar-refractivity contribution in [3.05, 3.63) is 0 Å². The lowest BCUT2D eigenvalue weighted by atomic mass is 9.59. The molecule has 0 atom stereocenters. The second-order valence-electron chi connectivity index (χ2n) is 10.00. The molecule has 0 unspecified atom stereocenters. The van der Waals surface area contributed by atoms with Gasteiger partial charge in [-0.2, -0.15) is 0 Å². The first-order valence-corrected chi connectivity index (χ1v) is 13.1. The van der Waals surface area contributed by atoms with Gasteiger partial charge in [0.1, 0.15) is 0 Å². The second-order valence-corrected chi connectivity index (χ2v) is 10.00. The molecule has 0 aromatic heterocycles. The molecule has 0 aliphatic rings. The van der Waals surface area contributed by atoms with Crippen molar-refractivity contribution in [3.63, 3.8) is 0 Å². The lowest BCUT2D eigenvalue weighted by Crippen LogP contribution is -2.50. The standard InChI is InChI=1S/C27H54O2.H3N/c1-6-9-11-13-15-17-19-21-23-27(8-3,26(4,5)25(28)29)24-22-20-18-16-14-12-10-7-2;/h6-24H2,1-5H3,(H,28,29);1H3. The highest BCUT2D eigenvalue weighted by Gasteiger charge is 2.43. The van der Waals surface area contributed by atoms with Crippen LogP contribution in [0.15, 0.2) is 0 Å². The van der Waals surface area contributed by atoms with E-state index in [0.717, 1.165) is 32.1 Å². The molecule has 0 saturated heterocycles. The van der Waals surface area contributed by atoms with E-state index in [1.54, 1.807) is 0 Å². The maximum Gasteiger partial charge on any atom is 0.0476 e. The monoisotopic (exact) mass is 427 g/mol. The van der Waals surface area contributed by atoms with Crippen LogP contribution in [0.4, 0.5) is 0 Å². The molecule has 4 N–H and O–H groups in total. The number of hydrogen-bond acceptors (Lipinski definition) is 2. The van der Waals surface area contributed by atoms with Crippen LogP contribution in [-0.4, -0.2) is 5.97 Å². The number of hydrogen-bond donors (Lipinski definition) is 1. The van der Waals surface area contributed by atoms with Gasteiger partial charge in [-0.05, 0) is 24.7 Å². The fourth-order valence-corrected chi connectivity index (χ4v) is 4.96. The smallest absolute Gasteiger partial charge is 0.0476 e. The first kappa shape index (κ1) is 31.6. The van der Waals surface area contributed by atoms with Gasteiger partial charge < -0.3 is 16.1 Å². The molecule has 0 radical (unpaired) electrons. The Kier molecular flexibility index (Phi) is 20.2. The van der Waals surface area contributed by atoms with Crippen LogP contribution in [-0.2, 0) is 4.79 Å². The van der Waals surface area contributed by atoms with Crippen LogP contribution < -0.4 is 11.3 Å². The van der Waals surface area contributed by atoms with Crippen molar-refractivity contribution in [2.45, 2.75) is 157 Å². The van der Waals surface area contributed by atoms with E-state index >= 15 is 0 Å². The first-order valence-electron chi connectivity index (χ1n) is 13.1. The largest absolute Gasteiger partial charge is 0.550 e. The van der Waals surface area contributed by atoms with E-state index in [-0.39, 0.29) is 11.6 Å². The number of rotatable bonds is 21. The van der Waals surface area contributed by atoms with Crippen LogP contribution in [0, 0.1) is 10.8 Å². The van der Waals surface area contributed by atoms with Crippen molar-refractivity contribution in [1.82, 2.24) is 6.15 Å². The minimum atomic E-state index is -0.863. The molecule has 0 spiro atoms. The van der Waals surface area contributed by atoms with Gasteiger partial charge in [0.05, 0.1) is 0 Å². The highest BCUT2D eigenvalue weighted by atomic mass is 16.4. The third-order valence-corrected chi connectivity index (χ3v) is 7.53. The van der Waals surface area contributed by atoms with Gasteiger partial charge >= 0.3 is 0 Å². The summed E-state index contributed by atoms with van der Waals surface area (Å²) < 4.78 is 0. The van der Waals surface area contributed by atoms with Crippen molar-refractivity contribution in [2.75, 3.05) is 0 Å². The normalized spacial score (nSPS) is 12.0. The molecule has 30 heavy (non-hydrogen) atoms. The van der Waals surface area contributed by atoms with Crippen molar-refractivity contribution < 1.29 is 9.90 Å². The zero-order chi connectivity index (χ0) is 22.0. The van der Waals surface area contributed by atoms with Crippen molar-refractivity contribution >= 4 is 5.97 Å².